The van der Waals surface area contributed by atoms with E-state index in [-0.39, 0.29) is 16.8 Å². The summed E-state index contributed by atoms with van der Waals surface area (Å²) < 4.78 is 27.1. The Hall–Kier alpha value is -2.22. The molecule has 2 aromatic rings. The smallest absolute Gasteiger partial charge is 0.251 e. The van der Waals surface area contributed by atoms with Crippen molar-refractivity contribution >= 4 is 15.9 Å². The zero-order chi connectivity index (χ0) is 21.7. The van der Waals surface area contributed by atoms with Gasteiger partial charge in [0.1, 0.15) is 0 Å². The van der Waals surface area contributed by atoms with Crippen LogP contribution in [0.25, 0.3) is 0 Å². The normalized spacial score (nSPS) is 17.8. The van der Waals surface area contributed by atoms with E-state index in [1.54, 1.807) is 12.1 Å². The number of nitrogens with one attached hydrogen (secondary N) is 2. The van der Waals surface area contributed by atoms with Gasteiger partial charge in [-0.1, -0.05) is 37.1 Å². The first kappa shape index (κ1) is 22.0. The minimum absolute atomic E-state index is 0.0590. The Bertz CT molecular complexity index is 976. The number of amides is 1. The standard InChI is InChI=1S/C24H31N3O3S/c28-24(21-9-13-23(14-10-21)31(29,30)26-22-11-12-22)25-17-19-5-7-20(8-6-19)18-27-15-3-1-2-4-16-27/h5-10,13-14,22,26H,1-4,11-12,15-18H2,(H,25,28). The highest BCUT2D eigenvalue weighted by Gasteiger charge is 2.27. The molecule has 4 rings (SSSR count). The van der Waals surface area contributed by atoms with E-state index in [1.165, 1.54) is 56.5 Å². The fourth-order valence-corrected chi connectivity index (χ4v) is 5.18. The number of hydrogen-bond acceptors (Lipinski definition) is 4. The van der Waals surface area contributed by atoms with Crippen LogP contribution in [0.5, 0.6) is 0 Å². The van der Waals surface area contributed by atoms with Crippen molar-refractivity contribution in [1.29, 1.82) is 0 Å². The average molecular weight is 442 g/mol. The average Bonchev–Trinajstić information content (AvgIpc) is 3.61. The van der Waals surface area contributed by atoms with Crippen LogP contribution in [0.4, 0.5) is 0 Å². The summed E-state index contributed by atoms with van der Waals surface area (Å²) in [6.45, 7) is 3.77. The number of sulfonamides is 1. The number of hydrogen-bond donors (Lipinski definition) is 2. The van der Waals surface area contributed by atoms with Crippen LogP contribution in [0.2, 0.25) is 0 Å². The summed E-state index contributed by atoms with van der Waals surface area (Å²) in [6, 6.07) is 14.5. The van der Waals surface area contributed by atoms with Gasteiger partial charge in [-0.25, -0.2) is 13.1 Å². The fraction of sp³-hybridized carbons (Fsp3) is 0.458. The Morgan fingerprint density at radius 3 is 2.10 bits per heavy atom. The van der Waals surface area contributed by atoms with E-state index in [9.17, 15) is 13.2 Å². The van der Waals surface area contributed by atoms with Gasteiger partial charge in [0.05, 0.1) is 4.90 Å². The van der Waals surface area contributed by atoms with Crippen LogP contribution in [0.3, 0.4) is 0 Å². The van der Waals surface area contributed by atoms with Crippen molar-refractivity contribution in [1.82, 2.24) is 14.9 Å². The summed E-state index contributed by atoms with van der Waals surface area (Å²) in [5.74, 6) is -0.215. The van der Waals surface area contributed by atoms with Gasteiger partial charge < -0.3 is 5.32 Å². The lowest BCUT2D eigenvalue weighted by molar-refractivity contribution is 0.0951. The first-order valence-electron chi connectivity index (χ1n) is 11.2. The topological polar surface area (TPSA) is 78.5 Å². The molecule has 6 nitrogen and oxygen atoms in total. The van der Waals surface area contributed by atoms with Gasteiger partial charge in [-0.2, -0.15) is 0 Å². The maximum atomic E-state index is 12.4. The predicted molar refractivity (Wildman–Crippen MR) is 121 cm³/mol. The quantitative estimate of drug-likeness (QED) is 0.658. The second-order valence-corrected chi connectivity index (χ2v) is 10.3. The lowest BCUT2D eigenvalue weighted by atomic mass is 10.1. The van der Waals surface area contributed by atoms with Gasteiger partial charge in [0.15, 0.2) is 0 Å². The number of carbonyl (C=O) groups is 1. The minimum Gasteiger partial charge on any atom is -0.348 e. The third-order valence-electron chi connectivity index (χ3n) is 5.91. The van der Waals surface area contributed by atoms with Crippen LogP contribution in [-0.2, 0) is 23.1 Å². The molecule has 1 amide bonds. The van der Waals surface area contributed by atoms with Crippen LogP contribution in [-0.4, -0.2) is 38.4 Å². The van der Waals surface area contributed by atoms with Gasteiger partial charge in [0, 0.05) is 24.7 Å². The van der Waals surface area contributed by atoms with Crippen molar-refractivity contribution in [3.8, 4) is 0 Å². The van der Waals surface area contributed by atoms with Gasteiger partial charge in [-0.05, 0) is 74.2 Å². The summed E-state index contributed by atoms with van der Waals surface area (Å²) >= 11 is 0. The third kappa shape index (κ3) is 6.38. The van der Waals surface area contributed by atoms with Crippen LogP contribution in [0, 0.1) is 0 Å². The van der Waals surface area contributed by atoms with Crippen molar-refractivity contribution in [2.45, 2.75) is 62.6 Å². The lowest BCUT2D eigenvalue weighted by Crippen LogP contribution is -2.26. The van der Waals surface area contributed by atoms with Crippen LogP contribution in [0.15, 0.2) is 53.4 Å². The number of rotatable bonds is 8. The molecule has 2 N–H and O–H groups in total. The highest BCUT2D eigenvalue weighted by molar-refractivity contribution is 7.89. The van der Waals surface area contributed by atoms with Crippen molar-refractivity contribution in [2.75, 3.05) is 13.1 Å². The van der Waals surface area contributed by atoms with Gasteiger partial charge in [-0.3, -0.25) is 9.69 Å². The zero-order valence-electron chi connectivity index (χ0n) is 17.8. The van der Waals surface area contributed by atoms with E-state index >= 15 is 0 Å². The highest BCUT2D eigenvalue weighted by atomic mass is 32.2. The largest absolute Gasteiger partial charge is 0.348 e. The van der Waals surface area contributed by atoms with Crippen LogP contribution >= 0.6 is 0 Å². The molecule has 2 aliphatic rings. The SMILES string of the molecule is O=C(NCc1ccc(CN2CCCCCC2)cc1)c1ccc(S(=O)(=O)NC2CC2)cc1. The molecule has 1 saturated carbocycles. The number of benzene rings is 2. The monoisotopic (exact) mass is 441 g/mol. The first-order chi connectivity index (χ1) is 15.0. The Labute approximate surface area is 185 Å². The number of carbonyl (C=O) groups excluding carboxylic acids is 1. The summed E-state index contributed by atoms with van der Waals surface area (Å²) in [4.78, 5) is 15.2. The molecule has 1 aliphatic carbocycles. The van der Waals surface area contributed by atoms with Crippen molar-refractivity contribution < 1.29 is 13.2 Å². The summed E-state index contributed by atoms with van der Waals surface area (Å²) in [5.41, 5.74) is 2.79. The molecule has 1 saturated heterocycles. The molecule has 1 heterocycles. The number of nitrogens with zero attached hydrogens (tertiary/aromatic N) is 1. The van der Waals surface area contributed by atoms with E-state index in [1.807, 2.05) is 0 Å². The van der Waals surface area contributed by atoms with Crippen molar-refractivity contribution in [2.24, 2.45) is 0 Å². The van der Waals surface area contributed by atoms with E-state index in [2.05, 4.69) is 39.2 Å². The highest BCUT2D eigenvalue weighted by Crippen LogP contribution is 2.22. The van der Waals surface area contributed by atoms with Gasteiger partial charge >= 0.3 is 0 Å². The van der Waals surface area contributed by atoms with Crippen LogP contribution in [0.1, 0.15) is 60.0 Å². The molecule has 0 radical (unpaired) electrons. The molecule has 0 spiro atoms. The molecule has 7 heteroatoms. The molecule has 1 aliphatic heterocycles. The van der Waals surface area contributed by atoms with E-state index < -0.39 is 10.0 Å². The van der Waals surface area contributed by atoms with Gasteiger partial charge in [0.2, 0.25) is 10.0 Å². The molecule has 2 fully saturated rings. The molecular formula is C24H31N3O3S. The Morgan fingerprint density at radius 1 is 0.871 bits per heavy atom. The first-order valence-corrected chi connectivity index (χ1v) is 12.7. The molecule has 31 heavy (non-hydrogen) atoms. The minimum atomic E-state index is -3.50. The summed E-state index contributed by atoms with van der Waals surface area (Å²) in [6.07, 6.45) is 7.02. The Balaban J connectivity index is 1.28. The van der Waals surface area contributed by atoms with E-state index in [0.717, 1.165) is 24.9 Å². The van der Waals surface area contributed by atoms with E-state index in [4.69, 9.17) is 0 Å². The molecule has 166 valence electrons. The maximum absolute atomic E-state index is 12.4. The second-order valence-electron chi connectivity index (χ2n) is 8.61. The van der Waals surface area contributed by atoms with Crippen molar-refractivity contribution in [3.05, 3.63) is 65.2 Å². The maximum Gasteiger partial charge on any atom is 0.251 e. The summed E-state index contributed by atoms with van der Waals surface area (Å²) in [5, 5.41) is 2.91. The molecule has 0 bridgehead atoms. The summed E-state index contributed by atoms with van der Waals surface area (Å²) in [7, 11) is -3.50. The van der Waals surface area contributed by atoms with Crippen LogP contribution < -0.4 is 10.0 Å². The second kappa shape index (κ2) is 9.94. The lowest BCUT2D eigenvalue weighted by Gasteiger charge is -2.19. The molecule has 2 aromatic carbocycles. The molecule has 0 aromatic heterocycles. The Morgan fingerprint density at radius 2 is 1.48 bits per heavy atom. The number of likely N-dealkylation sites (tertiary alicyclic amines) is 1. The predicted octanol–water partition coefficient (Wildman–Crippen LogP) is 3.43. The molecule has 0 unspecified atom stereocenters. The van der Waals surface area contributed by atoms with E-state index in [0.29, 0.717) is 12.1 Å². The zero-order valence-corrected chi connectivity index (χ0v) is 18.7. The van der Waals surface area contributed by atoms with Gasteiger partial charge in [0.25, 0.3) is 5.91 Å². The Kier molecular flexibility index (Phi) is 7.05. The van der Waals surface area contributed by atoms with Crippen molar-refractivity contribution in [3.63, 3.8) is 0 Å². The fourth-order valence-electron chi connectivity index (χ4n) is 3.87. The molecular weight excluding hydrogens is 410 g/mol. The molecule has 0 atom stereocenters. The van der Waals surface area contributed by atoms with Gasteiger partial charge in [-0.15, -0.1) is 0 Å². The third-order valence-corrected chi connectivity index (χ3v) is 7.44.